The molecule has 5 heteroatoms. The van der Waals surface area contributed by atoms with Crippen LogP contribution in [-0.2, 0) is 14.2 Å². The van der Waals surface area contributed by atoms with Crippen LogP contribution in [0, 0.1) is 17.8 Å². The Hall–Kier alpha value is -1.58. The molecule has 5 nitrogen and oxygen atoms in total. The molecule has 0 aliphatic rings. The van der Waals surface area contributed by atoms with E-state index in [9.17, 15) is 0 Å². The Morgan fingerprint density at radius 1 is 0.857 bits per heavy atom. The summed E-state index contributed by atoms with van der Waals surface area (Å²) in [7, 11) is 0. The second-order valence-electron chi connectivity index (χ2n) is 6.54. The minimum absolute atomic E-state index is 0. The molecule has 0 fully saturated rings. The SMILES string of the molecule is CCCNCCOCCOCCOCCOc1ccc(C#CC(C)CC)cc1.[HH]. The van der Waals surface area contributed by atoms with Crippen molar-refractivity contribution in [1.82, 2.24) is 5.32 Å². The maximum Gasteiger partial charge on any atom is 0.119 e. The van der Waals surface area contributed by atoms with Crippen molar-refractivity contribution in [3.8, 4) is 17.6 Å². The standard InChI is InChI=1S/C23H37NO4.H2/c1-4-12-24-13-14-25-15-16-26-17-18-27-19-20-28-23-10-8-22(9-11-23)7-6-21(3)5-2;/h8-11,21,24H,4-5,12-20H2,1-3H3;1H. The van der Waals surface area contributed by atoms with Crippen molar-refractivity contribution in [3.63, 3.8) is 0 Å². The zero-order chi connectivity index (χ0) is 20.3. The van der Waals surface area contributed by atoms with E-state index in [0.717, 1.165) is 43.9 Å². The monoisotopic (exact) mass is 393 g/mol. The second kappa shape index (κ2) is 17.5. The maximum absolute atomic E-state index is 5.67. The first kappa shape index (κ1) is 24.5. The van der Waals surface area contributed by atoms with E-state index in [2.05, 4.69) is 37.9 Å². The summed E-state index contributed by atoms with van der Waals surface area (Å²) in [5, 5.41) is 3.29. The van der Waals surface area contributed by atoms with Crippen molar-refractivity contribution < 1.29 is 20.4 Å². The predicted molar refractivity (Wildman–Crippen MR) is 116 cm³/mol. The smallest absolute Gasteiger partial charge is 0.119 e. The van der Waals surface area contributed by atoms with Crippen molar-refractivity contribution >= 4 is 0 Å². The van der Waals surface area contributed by atoms with Gasteiger partial charge in [-0.05, 0) is 43.7 Å². The molecule has 160 valence electrons. The first-order valence-electron chi connectivity index (χ1n) is 10.4. The van der Waals surface area contributed by atoms with E-state index in [1.165, 1.54) is 0 Å². The fourth-order valence-electron chi connectivity index (χ4n) is 2.15. The summed E-state index contributed by atoms with van der Waals surface area (Å²) < 4.78 is 22.1. The lowest BCUT2D eigenvalue weighted by molar-refractivity contribution is 0.00987. The van der Waals surface area contributed by atoms with Gasteiger partial charge in [-0.15, -0.1) is 0 Å². The molecule has 1 N–H and O–H groups in total. The number of hydrogen-bond donors (Lipinski definition) is 1. The number of benzene rings is 1. The zero-order valence-corrected chi connectivity index (χ0v) is 17.8. The predicted octanol–water partition coefficient (Wildman–Crippen LogP) is 3.76. The highest BCUT2D eigenvalue weighted by molar-refractivity contribution is 5.38. The zero-order valence-electron chi connectivity index (χ0n) is 17.8. The molecule has 1 atom stereocenters. The Labute approximate surface area is 172 Å². The van der Waals surface area contributed by atoms with Gasteiger partial charge in [-0.1, -0.05) is 32.6 Å². The van der Waals surface area contributed by atoms with Crippen molar-refractivity contribution in [2.45, 2.75) is 33.6 Å². The van der Waals surface area contributed by atoms with Crippen LogP contribution >= 0.6 is 0 Å². The molecule has 0 saturated carbocycles. The molecule has 0 aromatic heterocycles. The molecule has 0 radical (unpaired) electrons. The van der Waals surface area contributed by atoms with Crippen LogP contribution in [0.2, 0.25) is 0 Å². The summed E-state index contributed by atoms with van der Waals surface area (Å²) in [6.45, 7) is 12.5. The minimum atomic E-state index is 0. The third kappa shape index (κ3) is 13.6. The van der Waals surface area contributed by atoms with Gasteiger partial charge in [0.1, 0.15) is 12.4 Å². The van der Waals surface area contributed by atoms with Gasteiger partial charge in [-0.25, -0.2) is 0 Å². The average Bonchev–Trinajstić information content (AvgIpc) is 2.73. The van der Waals surface area contributed by atoms with Crippen LogP contribution in [0.15, 0.2) is 24.3 Å². The lowest BCUT2D eigenvalue weighted by Gasteiger charge is -2.08. The van der Waals surface area contributed by atoms with Crippen LogP contribution < -0.4 is 10.1 Å². The molecule has 0 saturated heterocycles. The van der Waals surface area contributed by atoms with Gasteiger partial charge in [0.2, 0.25) is 0 Å². The van der Waals surface area contributed by atoms with E-state index in [1.54, 1.807) is 0 Å². The number of ether oxygens (including phenoxy) is 4. The van der Waals surface area contributed by atoms with Crippen molar-refractivity contribution in [2.75, 3.05) is 59.3 Å². The van der Waals surface area contributed by atoms with Crippen LogP contribution in [0.25, 0.3) is 0 Å². The topological polar surface area (TPSA) is 49.0 Å². The molecule has 0 amide bonds. The van der Waals surface area contributed by atoms with E-state index >= 15 is 0 Å². The Bertz CT molecular complexity index is 542. The Morgan fingerprint density at radius 3 is 2.07 bits per heavy atom. The minimum Gasteiger partial charge on any atom is -0.491 e. The lowest BCUT2D eigenvalue weighted by Crippen LogP contribution is -2.21. The van der Waals surface area contributed by atoms with Gasteiger partial charge in [0.15, 0.2) is 0 Å². The van der Waals surface area contributed by atoms with E-state index in [0.29, 0.717) is 45.6 Å². The van der Waals surface area contributed by atoms with E-state index in [1.807, 2.05) is 24.3 Å². The average molecular weight is 394 g/mol. The summed E-state index contributed by atoms with van der Waals surface area (Å²) in [6, 6.07) is 7.87. The molecule has 1 rings (SSSR count). The van der Waals surface area contributed by atoms with Gasteiger partial charge >= 0.3 is 0 Å². The van der Waals surface area contributed by atoms with Crippen LogP contribution in [-0.4, -0.2) is 59.3 Å². The molecule has 0 aliphatic carbocycles. The molecule has 0 spiro atoms. The van der Waals surface area contributed by atoms with Crippen LogP contribution in [0.4, 0.5) is 0 Å². The molecule has 0 heterocycles. The summed E-state index contributed by atoms with van der Waals surface area (Å²) in [4.78, 5) is 0. The summed E-state index contributed by atoms with van der Waals surface area (Å²) in [5.41, 5.74) is 1.02. The third-order valence-corrected chi connectivity index (χ3v) is 4.02. The Kier molecular flexibility index (Phi) is 15.3. The first-order chi connectivity index (χ1) is 13.8. The van der Waals surface area contributed by atoms with Crippen LogP contribution in [0.3, 0.4) is 0 Å². The van der Waals surface area contributed by atoms with Crippen molar-refractivity contribution in [2.24, 2.45) is 5.92 Å². The molecule has 1 aromatic carbocycles. The highest BCUT2D eigenvalue weighted by atomic mass is 16.6. The second-order valence-corrected chi connectivity index (χ2v) is 6.54. The molecule has 28 heavy (non-hydrogen) atoms. The van der Waals surface area contributed by atoms with Gasteiger partial charge in [0.05, 0.1) is 39.6 Å². The Balaban J connectivity index is 0.00000784. The van der Waals surface area contributed by atoms with E-state index in [-0.39, 0.29) is 1.43 Å². The molecule has 1 unspecified atom stereocenters. The molecular formula is C23H39NO4. The highest BCUT2D eigenvalue weighted by Crippen LogP contribution is 2.11. The molecule has 0 bridgehead atoms. The quantitative estimate of drug-likeness (QED) is 0.342. The first-order valence-corrected chi connectivity index (χ1v) is 10.4. The normalized spacial score (nSPS) is 11.7. The molecule has 0 aliphatic heterocycles. The van der Waals surface area contributed by atoms with Crippen molar-refractivity contribution in [3.05, 3.63) is 29.8 Å². The lowest BCUT2D eigenvalue weighted by atomic mass is 10.1. The van der Waals surface area contributed by atoms with E-state index in [4.69, 9.17) is 18.9 Å². The van der Waals surface area contributed by atoms with Gasteiger partial charge in [-0.2, -0.15) is 0 Å². The van der Waals surface area contributed by atoms with E-state index < -0.39 is 0 Å². The summed E-state index contributed by atoms with van der Waals surface area (Å²) >= 11 is 0. The molecule has 1 aromatic rings. The van der Waals surface area contributed by atoms with Gasteiger partial charge in [0, 0.05) is 19.5 Å². The number of rotatable bonds is 16. The number of nitrogens with one attached hydrogen (secondary N) is 1. The number of hydrogen-bond acceptors (Lipinski definition) is 5. The van der Waals surface area contributed by atoms with Crippen molar-refractivity contribution in [1.29, 1.82) is 0 Å². The Morgan fingerprint density at radius 2 is 1.46 bits per heavy atom. The van der Waals surface area contributed by atoms with Crippen LogP contribution in [0.5, 0.6) is 5.75 Å². The van der Waals surface area contributed by atoms with Gasteiger partial charge in [-0.3, -0.25) is 0 Å². The third-order valence-electron chi connectivity index (χ3n) is 4.02. The summed E-state index contributed by atoms with van der Waals surface area (Å²) in [6.07, 6.45) is 2.22. The highest BCUT2D eigenvalue weighted by Gasteiger charge is 1.96. The fraction of sp³-hybridized carbons (Fsp3) is 0.652. The fourth-order valence-corrected chi connectivity index (χ4v) is 2.15. The molecular weight excluding hydrogens is 354 g/mol. The maximum atomic E-state index is 5.67. The summed E-state index contributed by atoms with van der Waals surface area (Å²) in [5.74, 6) is 7.68. The van der Waals surface area contributed by atoms with Gasteiger partial charge in [0.25, 0.3) is 0 Å². The van der Waals surface area contributed by atoms with Crippen LogP contribution in [0.1, 0.15) is 40.6 Å². The largest absolute Gasteiger partial charge is 0.491 e. The van der Waals surface area contributed by atoms with Gasteiger partial charge < -0.3 is 24.3 Å².